The van der Waals surface area contributed by atoms with Gasteiger partial charge in [-0.15, -0.1) is 0 Å². The lowest BCUT2D eigenvalue weighted by Gasteiger charge is -2.12. The number of benzene rings is 1. The van der Waals surface area contributed by atoms with E-state index in [4.69, 9.17) is 19.7 Å². The molecule has 1 aromatic carbocycles. The predicted octanol–water partition coefficient (Wildman–Crippen LogP) is 1.32. The van der Waals surface area contributed by atoms with Crippen LogP contribution in [0, 0.1) is 0 Å². The molecule has 0 saturated heterocycles. The lowest BCUT2D eigenvalue weighted by molar-refractivity contribution is 0.356. The molecule has 0 amide bonds. The normalized spacial score (nSPS) is 12.5. The highest BCUT2D eigenvalue weighted by Crippen LogP contribution is 2.32. The first-order chi connectivity index (χ1) is 10.0. The fourth-order valence-corrected chi connectivity index (χ4v) is 1.95. The summed E-state index contributed by atoms with van der Waals surface area (Å²) >= 11 is 0. The topological polar surface area (TPSA) is 86.6 Å². The second kappa shape index (κ2) is 6.55. The van der Waals surface area contributed by atoms with Crippen molar-refractivity contribution in [2.45, 2.75) is 6.04 Å². The number of nitrogens with zero attached hydrogens (tertiary/aromatic N) is 3. The molecule has 0 aliphatic rings. The molecule has 2 aromatic rings. The Kier molecular flexibility index (Phi) is 4.77. The number of methoxy groups -OCH3 is 2. The number of hydrogen-bond acceptors (Lipinski definition) is 7. The van der Waals surface area contributed by atoms with E-state index in [1.807, 2.05) is 19.0 Å². The Labute approximate surface area is 123 Å². The zero-order valence-corrected chi connectivity index (χ0v) is 12.7. The molecule has 2 rings (SSSR count). The van der Waals surface area contributed by atoms with Crippen molar-refractivity contribution in [2.75, 3.05) is 34.9 Å². The average Bonchev–Trinajstić information content (AvgIpc) is 2.95. The van der Waals surface area contributed by atoms with E-state index in [2.05, 4.69) is 10.1 Å². The van der Waals surface area contributed by atoms with Crippen LogP contribution in [0.4, 0.5) is 0 Å². The highest BCUT2D eigenvalue weighted by molar-refractivity contribution is 5.65. The summed E-state index contributed by atoms with van der Waals surface area (Å²) in [5, 5.41) is 3.94. The Bertz CT molecular complexity index is 598. The molecule has 0 fully saturated rings. The summed E-state index contributed by atoms with van der Waals surface area (Å²) < 4.78 is 15.8. The number of aromatic nitrogens is 2. The molecule has 7 nitrogen and oxygen atoms in total. The van der Waals surface area contributed by atoms with Gasteiger partial charge in [0, 0.05) is 6.54 Å². The van der Waals surface area contributed by atoms with Crippen LogP contribution in [0.25, 0.3) is 11.5 Å². The van der Waals surface area contributed by atoms with E-state index in [-0.39, 0.29) is 6.04 Å². The minimum atomic E-state index is -0.311. The van der Waals surface area contributed by atoms with Crippen molar-refractivity contribution in [3.8, 4) is 23.0 Å². The Morgan fingerprint density at radius 3 is 2.67 bits per heavy atom. The molecule has 0 spiro atoms. The minimum Gasteiger partial charge on any atom is -0.497 e. The van der Waals surface area contributed by atoms with E-state index in [1.165, 1.54) is 0 Å². The van der Waals surface area contributed by atoms with Gasteiger partial charge < -0.3 is 24.6 Å². The van der Waals surface area contributed by atoms with Crippen LogP contribution >= 0.6 is 0 Å². The molecule has 21 heavy (non-hydrogen) atoms. The first kappa shape index (κ1) is 15.3. The van der Waals surface area contributed by atoms with Gasteiger partial charge in [-0.05, 0) is 32.3 Å². The van der Waals surface area contributed by atoms with Crippen LogP contribution < -0.4 is 15.2 Å². The summed E-state index contributed by atoms with van der Waals surface area (Å²) in [6, 6.07) is 5.07. The molecular weight excluding hydrogens is 272 g/mol. The maximum atomic E-state index is 6.03. The van der Waals surface area contributed by atoms with Crippen LogP contribution in [-0.2, 0) is 0 Å². The molecule has 1 aromatic heterocycles. The van der Waals surface area contributed by atoms with E-state index in [9.17, 15) is 0 Å². The summed E-state index contributed by atoms with van der Waals surface area (Å²) in [7, 11) is 7.05. The number of rotatable bonds is 6. The maximum Gasteiger partial charge on any atom is 0.261 e. The molecule has 0 saturated carbocycles. The second-order valence-electron chi connectivity index (χ2n) is 4.89. The second-order valence-corrected chi connectivity index (χ2v) is 4.89. The van der Waals surface area contributed by atoms with E-state index in [0.29, 0.717) is 35.3 Å². The molecule has 0 radical (unpaired) electrons. The molecule has 1 heterocycles. The van der Waals surface area contributed by atoms with Crippen molar-refractivity contribution >= 4 is 0 Å². The van der Waals surface area contributed by atoms with Gasteiger partial charge in [-0.1, -0.05) is 5.16 Å². The highest BCUT2D eigenvalue weighted by atomic mass is 16.5. The van der Waals surface area contributed by atoms with Crippen LogP contribution in [0.15, 0.2) is 22.7 Å². The third kappa shape index (κ3) is 3.50. The molecular formula is C14H20N4O3. The lowest BCUT2D eigenvalue weighted by Crippen LogP contribution is -2.26. The summed E-state index contributed by atoms with van der Waals surface area (Å²) in [6.07, 6.45) is 0. The van der Waals surface area contributed by atoms with Gasteiger partial charge in [0.05, 0.1) is 25.8 Å². The lowest BCUT2D eigenvalue weighted by atomic mass is 10.2. The van der Waals surface area contributed by atoms with Crippen molar-refractivity contribution in [1.29, 1.82) is 0 Å². The third-order valence-electron chi connectivity index (χ3n) is 2.97. The van der Waals surface area contributed by atoms with E-state index in [1.54, 1.807) is 32.4 Å². The summed E-state index contributed by atoms with van der Waals surface area (Å²) in [6.45, 7) is 0.633. The van der Waals surface area contributed by atoms with Gasteiger partial charge in [-0.2, -0.15) is 4.98 Å². The van der Waals surface area contributed by atoms with Crippen molar-refractivity contribution in [1.82, 2.24) is 15.0 Å². The quantitative estimate of drug-likeness (QED) is 0.859. The zero-order chi connectivity index (χ0) is 15.4. The molecule has 7 heteroatoms. The predicted molar refractivity (Wildman–Crippen MR) is 78.3 cm³/mol. The smallest absolute Gasteiger partial charge is 0.261 e. The highest BCUT2D eigenvalue weighted by Gasteiger charge is 2.19. The largest absolute Gasteiger partial charge is 0.497 e. The fourth-order valence-electron chi connectivity index (χ4n) is 1.95. The van der Waals surface area contributed by atoms with Crippen molar-refractivity contribution < 1.29 is 14.0 Å². The van der Waals surface area contributed by atoms with Crippen LogP contribution in [0.2, 0.25) is 0 Å². The number of nitrogens with two attached hydrogens (primary N) is 1. The van der Waals surface area contributed by atoms with Gasteiger partial charge in [-0.25, -0.2) is 0 Å². The number of ether oxygens (including phenoxy) is 2. The number of hydrogen-bond donors (Lipinski definition) is 1. The zero-order valence-electron chi connectivity index (χ0n) is 12.7. The summed E-state index contributed by atoms with van der Waals surface area (Å²) in [5.41, 5.74) is 6.71. The third-order valence-corrected chi connectivity index (χ3v) is 2.97. The first-order valence-electron chi connectivity index (χ1n) is 6.51. The average molecular weight is 292 g/mol. The number of likely N-dealkylation sites (N-methyl/N-ethyl adjacent to an activating group) is 1. The van der Waals surface area contributed by atoms with Gasteiger partial charge in [0.1, 0.15) is 11.5 Å². The molecule has 0 aliphatic carbocycles. The molecule has 0 bridgehead atoms. The van der Waals surface area contributed by atoms with Crippen LogP contribution in [0.3, 0.4) is 0 Å². The van der Waals surface area contributed by atoms with Crippen molar-refractivity contribution in [3.05, 3.63) is 24.0 Å². The van der Waals surface area contributed by atoms with Gasteiger partial charge >= 0.3 is 0 Å². The summed E-state index contributed by atoms with van der Waals surface area (Å²) in [4.78, 5) is 6.32. The maximum absolute atomic E-state index is 6.03. The Morgan fingerprint density at radius 1 is 1.29 bits per heavy atom. The van der Waals surface area contributed by atoms with Crippen molar-refractivity contribution in [2.24, 2.45) is 5.73 Å². The van der Waals surface area contributed by atoms with Crippen LogP contribution in [0.5, 0.6) is 11.5 Å². The minimum absolute atomic E-state index is 0.311. The molecule has 1 unspecified atom stereocenters. The van der Waals surface area contributed by atoms with Gasteiger partial charge in [0.15, 0.2) is 5.82 Å². The van der Waals surface area contributed by atoms with Crippen LogP contribution in [-0.4, -0.2) is 49.9 Å². The van der Waals surface area contributed by atoms with Crippen LogP contribution in [0.1, 0.15) is 11.9 Å². The molecule has 1 atom stereocenters. The van der Waals surface area contributed by atoms with Gasteiger partial charge in [0.25, 0.3) is 5.89 Å². The fraction of sp³-hybridized carbons (Fsp3) is 0.429. The molecule has 0 aliphatic heterocycles. The van der Waals surface area contributed by atoms with Gasteiger partial charge in [-0.3, -0.25) is 0 Å². The van der Waals surface area contributed by atoms with Gasteiger partial charge in [0.2, 0.25) is 0 Å². The van der Waals surface area contributed by atoms with E-state index in [0.717, 1.165) is 0 Å². The van der Waals surface area contributed by atoms with E-state index < -0.39 is 0 Å². The molecule has 114 valence electrons. The monoisotopic (exact) mass is 292 g/mol. The summed E-state index contributed by atoms with van der Waals surface area (Å²) in [5.74, 6) is 2.13. The Morgan fingerprint density at radius 2 is 2.05 bits per heavy atom. The molecule has 2 N–H and O–H groups in total. The standard InChI is InChI=1S/C14H20N4O3/c1-18(2)8-11(15)13-16-14(21-17-13)10-7-9(19-3)5-6-12(10)20-4/h5-7,11H,8,15H2,1-4H3. The SMILES string of the molecule is COc1ccc(OC)c(-c2nc(C(N)CN(C)C)no2)c1. The first-order valence-corrected chi connectivity index (χ1v) is 6.51. The van der Waals surface area contributed by atoms with E-state index >= 15 is 0 Å². The Balaban J connectivity index is 2.32. The van der Waals surface area contributed by atoms with Crippen molar-refractivity contribution in [3.63, 3.8) is 0 Å². The Hall–Kier alpha value is -2.12.